The molecule has 4 aromatic rings. The van der Waals surface area contributed by atoms with Crippen LogP contribution in [0.2, 0.25) is 0 Å². The fraction of sp³-hybridized carbons (Fsp3) is 0.192. The maximum Gasteiger partial charge on any atom is 0.253 e. The number of rotatable bonds is 8. The van der Waals surface area contributed by atoms with Gasteiger partial charge in [0.1, 0.15) is 18.0 Å². The van der Waals surface area contributed by atoms with E-state index in [1.807, 2.05) is 49.5 Å². The number of benzene rings is 2. The molecule has 0 aliphatic heterocycles. The molecule has 0 fully saturated rings. The smallest absolute Gasteiger partial charge is 0.253 e. The second-order valence-corrected chi connectivity index (χ2v) is 7.62. The van der Waals surface area contributed by atoms with E-state index in [1.165, 1.54) is 7.11 Å². The molecule has 0 spiro atoms. The Morgan fingerprint density at radius 3 is 2.62 bits per heavy atom. The van der Waals surface area contributed by atoms with E-state index in [1.54, 1.807) is 25.4 Å². The zero-order valence-electron chi connectivity index (χ0n) is 19.3. The lowest BCUT2D eigenvalue weighted by atomic mass is 9.99. The van der Waals surface area contributed by atoms with Crippen molar-refractivity contribution in [1.29, 1.82) is 0 Å². The average molecular weight is 459 g/mol. The first-order valence-electron chi connectivity index (χ1n) is 10.9. The van der Waals surface area contributed by atoms with Gasteiger partial charge >= 0.3 is 0 Å². The molecule has 8 nitrogen and oxygen atoms in total. The molecule has 0 atom stereocenters. The van der Waals surface area contributed by atoms with Crippen LogP contribution in [0.5, 0.6) is 5.75 Å². The maximum atomic E-state index is 12.7. The molecule has 3 N–H and O–H groups in total. The summed E-state index contributed by atoms with van der Waals surface area (Å²) in [5, 5.41) is 6.47. The van der Waals surface area contributed by atoms with E-state index >= 15 is 0 Å². The molecule has 8 heteroatoms. The predicted molar refractivity (Wildman–Crippen MR) is 132 cm³/mol. The highest BCUT2D eigenvalue weighted by Crippen LogP contribution is 2.36. The average Bonchev–Trinajstić information content (AvgIpc) is 3.27. The number of fused-ring (bicyclic) bond motifs is 1. The molecule has 174 valence electrons. The fourth-order valence-corrected chi connectivity index (χ4v) is 3.85. The second kappa shape index (κ2) is 10.2. The van der Waals surface area contributed by atoms with Gasteiger partial charge in [-0.1, -0.05) is 24.3 Å². The molecule has 0 saturated heterocycles. The van der Waals surface area contributed by atoms with Gasteiger partial charge in [0.05, 0.1) is 18.4 Å². The molecule has 0 aliphatic carbocycles. The van der Waals surface area contributed by atoms with Gasteiger partial charge in [-0.3, -0.25) is 9.59 Å². The van der Waals surface area contributed by atoms with Crippen LogP contribution in [0.15, 0.2) is 60.9 Å². The van der Waals surface area contributed by atoms with Crippen molar-refractivity contribution in [2.24, 2.45) is 0 Å². The highest BCUT2D eigenvalue weighted by atomic mass is 16.5. The number of carbonyl (C=O) groups excluding carboxylic acids is 2. The van der Waals surface area contributed by atoms with Gasteiger partial charge < -0.3 is 25.1 Å². The number of para-hydroxylation sites is 1. The molecule has 0 unspecified atom stereocenters. The third-order valence-electron chi connectivity index (χ3n) is 5.41. The molecular formula is C26H26N4O4. The van der Waals surface area contributed by atoms with Gasteiger partial charge in [0.15, 0.2) is 0 Å². The van der Waals surface area contributed by atoms with Gasteiger partial charge in [-0.15, -0.1) is 0 Å². The molecule has 34 heavy (non-hydrogen) atoms. The quantitative estimate of drug-likeness (QED) is 0.366. The van der Waals surface area contributed by atoms with Crippen molar-refractivity contribution in [3.63, 3.8) is 0 Å². The van der Waals surface area contributed by atoms with Crippen LogP contribution in [0, 0.1) is 0 Å². The summed E-state index contributed by atoms with van der Waals surface area (Å²) in [6, 6.07) is 15.2. The van der Waals surface area contributed by atoms with Crippen LogP contribution in [0.25, 0.3) is 33.3 Å². The summed E-state index contributed by atoms with van der Waals surface area (Å²) in [4.78, 5) is 32.6. The lowest BCUT2D eigenvalue weighted by Crippen LogP contribution is -2.25. The number of ether oxygens (including phenoxy) is 2. The van der Waals surface area contributed by atoms with Crippen LogP contribution in [-0.4, -0.2) is 49.2 Å². The van der Waals surface area contributed by atoms with Crippen LogP contribution in [-0.2, 0) is 9.53 Å². The number of pyridine rings is 1. The van der Waals surface area contributed by atoms with Gasteiger partial charge in [-0.25, -0.2) is 4.98 Å². The standard InChI is InChI=1S/C26H26N4O4/c1-4-27-26(32)20-11-16(9-10-22(20)30-24(31)15-33-2)17-12-19-21(14-29-25(19)28-13-17)18-7-5-6-8-23(18)34-3/h5-14H,4,15H2,1-3H3,(H,27,32)(H,28,29)(H,30,31). The summed E-state index contributed by atoms with van der Waals surface area (Å²) in [5.74, 6) is 0.156. The van der Waals surface area contributed by atoms with Crippen molar-refractivity contribution in [3.8, 4) is 28.0 Å². The molecule has 2 aromatic carbocycles. The zero-order chi connectivity index (χ0) is 24.1. The monoisotopic (exact) mass is 458 g/mol. The first-order chi connectivity index (χ1) is 16.5. The Hall–Kier alpha value is -4.17. The topological polar surface area (TPSA) is 105 Å². The summed E-state index contributed by atoms with van der Waals surface area (Å²) < 4.78 is 10.4. The molecule has 2 heterocycles. The molecular weight excluding hydrogens is 432 g/mol. The molecule has 4 rings (SSSR count). The van der Waals surface area contributed by atoms with Crippen LogP contribution in [0.1, 0.15) is 17.3 Å². The lowest BCUT2D eigenvalue weighted by molar-refractivity contribution is -0.119. The highest BCUT2D eigenvalue weighted by molar-refractivity contribution is 6.05. The zero-order valence-corrected chi connectivity index (χ0v) is 19.3. The van der Waals surface area contributed by atoms with Crippen molar-refractivity contribution in [2.75, 3.05) is 32.7 Å². The number of methoxy groups -OCH3 is 2. The maximum absolute atomic E-state index is 12.7. The van der Waals surface area contributed by atoms with Crippen LogP contribution in [0.4, 0.5) is 5.69 Å². The van der Waals surface area contributed by atoms with E-state index in [-0.39, 0.29) is 18.4 Å². The molecule has 0 bridgehead atoms. The number of amides is 2. The van der Waals surface area contributed by atoms with Crippen molar-refractivity contribution in [3.05, 3.63) is 66.5 Å². The minimum Gasteiger partial charge on any atom is -0.496 e. The summed E-state index contributed by atoms with van der Waals surface area (Å²) in [7, 11) is 3.09. The number of H-pyrrole nitrogens is 1. The number of aromatic amines is 1. The number of hydrogen-bond donors (Lipinski definition) is 3. The lowest BCUT2D eigenvalue weighted by Gasteiger charge is -2.13. The number of hydrogen-bond acceptors (Lipinski definition) is 5. The summed E-state index contributed by atoms with van der Waals surface area (Å²) >= 11 is 0. The Labute approximate surface area is 197 Å². The van der Waals surface area contributed by atoms with Crippen molar-refractivity contribution in [1.82, 2.24) is 15.3 Å². The Balaban J connectivity index is 1.78. The van der Waals surface area contributed by atoms with E-state index in [4.69, 9.17) is 9.47 Å². The number of aromatic nitrogens is 2. The summed E-state index contributed by atoms with van der Waals surface area (Å²) in [6.07, 6.45) is 3.67. The van der Waals surface area contributed by atoms with E-state index < -0.39 is 0 Å². The van der Waals surface area contributed by atoms with E-state index in [2.05, 4.69) is 20.6 Å². The number of carbonyl (C=O) groups is 2. The van der Waals surface area contributed by atoms with Gasteiger partial charge in [-0.05, 0) is 36.8 Å². The largest absolute Gasteiger partial charge is 0.496 e. The molecule has 0 saturated carbocycles. The van der Waals surface area contributed by atoms with Gasteiger partial charge in [0.2, 0.25) is 5.91 Å². The number of nitrogens with one attached hydrogen (secondary N) is 3. The van der Waals surface area contributed by atoms with Crippen LogP contribution >= 0.6 is 0 Å². The molecule has 0 radical (unpaired) electrons. The van der Waals surface area contributed by atoms with Gasteiger partial charge in [0.25, 0.3) is 5.91 Å². The number of nitrogens with zero attached hydrogens (tertiary/aromatic N) is 1. The third-order valence-corrected chi connectivity index (χ3v) is 5.41. The number of anilines is 1. The van der Waals surface area contributed by atoms with Crippen LogP contribution < -0.4 is 15.4 Å². The van der Waals surface area contributed by atoms with Crippen LogP contribution in [0.3, 0.4) is 0 Å². The SMILES string of the molecule is CCNC(=O)c1cc(-c2cnc3[nH]cc(-c4ccccc4OC)c3c2)ccc1NC(=O)COC. The Kier molecular flexibility index (Phi) is 6.89. The predicted octanol–water partition coefficient (Wildman–Crippen LogP) is 4.24. The van der Waals surface area contributed by atoms with E-state index in [0.717, 1.165) is 39.0 Å². The Bertz CT molecular complexity index is 1350. The first kappa shape index (κ1) is 23.0. The third kappa shape index (κ3) is 4.62. The Morgan fingerprint density at radius 2 is 1.85 bits per heavy atom. The van der Waals surface area contributed by atoms with E-state index in [0.29, 0.717) is 17.8 Å². The molecule has 0 aliphatic rings. The Morgan fingerprint density at radius 1 is 1.03 bits per heavy atom. The first-order valence-corrected chi connectivity index (χ1v) is 10.9. The van der Waals surface area contributed by atoms with E-state index in [9.17, 15) is 9.59 Å². The van der Waals surface area contributed by atoms with Crippen molar-refractivity contribution < 1.29 is 19.1 Å². The fourth-order valence-electron chi connectivity index (χ4n) is 3.85. The van der Waals surface area contributed by atoms with Crippen molar-refractivity contribution >= 4 is 28.5 Å². The minimum atomic E-state index is -0.336. The van der Waals surface area contributed by atoms with Crippen molar-refractivity contribution in [2.45, 2.75) is 6.92 Å². The minimum absolute atomic E-state index is 0.101. The highest BCUT2D eigenvalue weighted by Gasteiger charge is 2.16. The summed E-state index contributed by atoms with van der Waals surface area (Å²) in [6.45, 7) is 2.21. The van der Waals surface area contributed by atoms with Gasteiger partial charge in [0, 0.05) is 48.1 Å². The van der Waals surface area contributed by atoms with Gasteiger partial charge in [-0.2, -0.15) is 0 Å². The molecule has 2 amide bonds. The molecule has 2 aromatic heterocycles. The second-order valence-electron chi connectivity index (χ2n) is 7.62. The summed E-state index contributed by atoms with van der Waals surface area (Å²) in [5.41, 5.74) is 5.09. The normalized spacial score (nSPS) is 10.8.